The van der Waals surface area contributed by atoms with Crippen LogP contribution < -0.4 is 5.32 Å². The van der Waals surface area contributed by atoms with E-state index in [-0.39, 0.29) is 35.1 Å². The summed E-state index contributed by atoms with van der Waals surface area (Å²) < 4.78 is 78.2. The number of hydrogen-bond donors (Lipinski definition) is 1. The molecule has 36 heavy (non-hydrogen) atoms. The molecule has 5 nitrogen and oxygen atoms in total. The van der Waals surface area contributed by atoms with Crippen molar-refractivity contribution < 1.29 is 26.7 Å². The number of pyridine rings is 1. The SMILES string of the molecule is C/C=C(\N=C(CC)c1cc(F)c(-c2nc3cc(C)ccn3c2CC2CNCCO2)c(F)c1)C(F)(F)F. The van der Waals surface area contributed by atoms with E-state index in [1.54, 1.807) is 17.5 Å². The van der Waals surface area contributed by atoms with Crippen LogP contribution in [0.15, 0.2) is 47.2 Å². The number of nitrogens with zero attached hydrogens (tertiary/aromatic N) is 3. The largest absolute Gasteiger partial charge is 0.433 e. The predicted octanol–water partition coefficient (Wildman–Crippen LogP) is 5.78. The third-order valence-corrected chi connectivity index (χ3v) is 6.07. The molecule has 0 amide bonds. The van der Waals surface area contributed by atoms with Crippen LogP contribution in [0, 0.1) is 18.6 Å². The van der Waals surface area contributed by atoms with Crippen molar-refractivity contribution in [3.8, 4) is 11.3 Å². The van der Waals surface area contributed by atoms with Crippen molar-refractivity contribution in [2.24, 2.45) is 4.99 Å². The summed E-state index contributed by atoms with van der Waals surface area (Å²) in [5.74, 6) is -1.85. The maximum atomic E-state index is 15.5. The van der Waals surface area contributed by atoms with Crippen LogP contribution in [0.4, 0.5) is 22.0 Å². The van der Waals surface area contributed by atoms with Crippen molar-refractivity contribution >= 4 is 11.4 Å². The Balaban J connectivity index is 1.82. The van der Waals surface area contributed by atoms with E-state index in [9.17, 15) is 13.2 Å². The van der Waals surface area contributed by atoms with Gasteiger partial charge in [0.15, 0.2) is 0 Å². The zero-order valence-corrected chi connectivity index (χ0v) is 20.2. The van der Waals surface area contributed by atoms with Crippen LogP contribution in [0.2, 0.25) is 0 Å². The number of allylic oxidation sites excluding steroid dienone is 2. The lowest BCUT2D eigenvalue weighted by atomic mass is 10.00. The van der Waals surface area contributed by atoms with Gasteiger partial charge >= 0.3 is 6.18 Å². The van der Waals surface area contributed by atoms with E-state index in [0.29, 0.717) is 30.9 Å². The van der Waals surface area contributed by atoms with E-state index in [2.05, 4.69) is 15.3 Å². The molecule has 1 aromatic carbocycles. The molecule has 1 aliphatic rings. The van der Waals surface area contributed by atoms with Gasteiger partial charge in [-0.25, -0.2) is 18.8 Å². The average molecular weight is 507 g/mol. The molecule has 1 fully saturated rings. The highest BCUT2D eigenvalue weighted by Gasteiger charge is 2.33. The summed E-state index contributed by atoms with van der Waals surface area (Å²) in [6.45, 7) is 6.52. The van der Waals surface area contributed by atoms with Crippen molar-refractivity contribution in [1.29, 1.82) is 0 Å². The molecule has 192 valence electrons. The van der Waals surface area contributed by atoms with Gasteiger partial charge in [-0.3, -0.25) is 0 Å². The van der Waals surface area contributed by atoms with Gasteiger partial charge in [0, 0.05) is 37.0 Å². The molecule has 0 aliphatic carbocycles. The third-order valence-electron chi connectivity index (χ3n) is 6.07. The first-order valence-corrected chi connectivity index (χ1v) is 11.7. The van der Waals surface area contributed by atoms with Gasteiger partial charge in [0.05, 0.1) is 29.7 Å². The number of alkyl halides is 3. The number of imidazole rings is 1. The standard InChI is InChI=1S/C26H27F5N4O/c1-4-20(33-22(5-2)26(29,30)31)16-11-18(27)24(19(28)12-16)25-21(13-17-14-32-7-9-36-17)35-8-6-15(3)10-23(35)34-25/h5-6,8,10-12,17,32H,4,7,9,13-14H2,1-3H3/b22-5-,33-20?. The summed E-state index contributed by atoms with van der Waals surface area (Å²) in [4.78, 5) is 8.19. The zero-order chi connectivity index (χ0) is 26.0. The summed E-state index contributed by atoms with van der Waals surface area (Å²) in [5, 5.41) is 3.24. The molecular weight excluding hydrogens is 479 g/mol. The highest BCUT2D eigenvalue weighted by Crippen LogP contribution is 2.33. The molecule has 1 unspecified atom stereocenters. The topological polar surface area (TPSA) is 50.9 Å². The molecule has 3 heterocycles. The molecule has 2 aromatic heterocycles. The second-order valence-electron chi connectivity index (χ2n) is 8.64. The first-order valence-electron chi connectivity index (χ1n) is 11.7. The predicted molar refractivity (Wildman–Crippen MR) is 128 cm³/mol. The van der Waals surface area contributed by atoms with E-state index >= 15 is 8.78 Å². The summed E-state index contributed by atoms with van der Waals surface area (Å²) in [5.41, 5.74) is 0.603. The summed E-state index contributed by atoms with van der Waals surface area (Å²) in [6.07, 6.45) is -1.84. The van der Waals surface area contributed by atoms with Crippen molar-refractivity contribution in [1.82, 2.24) is 14.7 Å². The molecule has 1 atom stereocenters. The first-order chi connectivity index (χ1) is 17.1. The van der Waals surface area contributed by atoms with Crippen LogP contribution >= 0.6 is 0 Å². The fraction of sp³-hybridized carbons (Fsp3) is 0.385. The minimum Gasteiger partial charge on any atom is -0.375 e. The summed E-state index contributed by atoms with van der Waals surface area (Å²) in [6, 6.07) is 5.72. The molecule has 1 aliphatic heterocycles. The molecule has 0 bridgehead atoms. The van der Waals surface area contributed by atoms with Gasteiger partial charge < -0.3 is 14.5 Å². The number of aryl methyl sites for hydroxylation is 1. The number of nitrogens with one attached hydrogen (secondary N) is 1. The molecule has 0 spiro atoms. The van der Waals surface area contributed by atoms with Gasteiger partial charge in [-0.15, -0.1) is 0 Å². The van der Waals surface area contributed by atoms with Gasteiger partial charge in [0.2, 0.25) is 0 Å². The van der Waals surface area contributed by atoms with Crippen molar-refractivity contribution in [3.63, 3.8) is 0 Å². The van der Waals surface area contributed by atoms with Crippen molar-refractivity contribution in [2.45, 2.75) is 45.9 Å². The molecular formula is C26H27F5N4O. The molecule has 10 heteroatoms. The number of morpholine rings is 1. The van der Waals surface area contributed by atoms with E-state index in [4.69, 9.17) is 4.74 Å². The number of aromatic nitrogens is 2. The zero-order valence-electron chi connectivity index (χ0n) is 20.2. The fourth-order valence-corrected chi connectivity index (χ4v) is 4.31. The van der Waals surface area contributed by atoms with Crippen LogP contribution in [0.3, 0.4) is 0 Å². The Kier molecular flexibility index (Phi) is 7.56. The Morgan fingerprint density at radius 1 is 1.25 bits per heavy atom. The smallest absolute Gasteiger partial charge is 0.375 e. The maximum absolute atomic E-state index is 15.5. The molecule has 4 rings (SSSR count). The number of ether oxygens (including phenoxy) is 1. The second-order valence-corrected chi connectivity index (χ2v) is 8.64. The van der Waals surface area contributed by atoms with Crippen LogP contribution in [0.1, 0.15) is 37.1 Å². The second kappa shape index (κ2) is 10.5. The maximum Gasteiger partial charge on any atom is 0.433 e. The van der Waals surface area contributed by atoms with Gasteiger partial charge in [-0.1, -0.05) is 13.0 Å². The number of fused-ring (bicyclic) bond motifs is 1. The highest BCUT2D eigenvalue weighted by molar-refractivity contribution is 6.01. The van der Waals surface area contributed by atoms with Gasteiger partial charge in [0.25, 0.3) is 0 Å². The quantitative estimate of drug-likeness (QED) is 0.341. The number of benzene rings is 1. The molecule has 0 radical (unpaired) electrons. The van der Waals surface area contributed by atoms with E-state index in [1.165, 1.54) is 6.92 Å². The van der Waals surface area contributed by atoms with Gasteiger partial charge in [0.1, 0.15) is 23.0 Å². The molecule has 1 saturated heterocycles. The van der Waals surface area contributed by atoms with Crippen molar-refractivity contribution in [2.75, 3.05) is 19.7 Å². The van der Waals surface area contributed by atoms with Crippen LogP contribution in [0.25, 0.3) is 16.9 Å². The van der Waals surface area contributed by atoms with Gasteiger partial charge in [-0.2, -0.15) is 13.2 Å². The monoisotopic (exact) mass is 506 g/mol. The Morgan fingerprint density at radius 3 is 2.56 bits per heavy atom. The molecule has 3 aromatic rings. The van der Waals surface area contributed by atoms with E-state index in [1.807, 2.05) is 19.1 Å². The van der Waals surface area contributed by atoms with Crippen LogP contribution in [-0.4, -0.2) is 47.1 Å². The Bertz CT molecular complexity index is 1300. The summed E-state index contributed by atoms with van der Waals surface area (Å²) >= 11 is 0. The Morgan fingerprint density at radius 2 is 1.97 bits per heavy atom. The highest BCUT2D eigenvalue weighted by atomic mass is 19.4. The fourth-order valence-electron chi connectivity index (χ4n) is 4.31. The van der Waals surface area contributed by atoms with Crippen LogP contribution in [-0.2, 0) is 11.2 Å². The lowest BCUT2D eigenvalue weighted by Gasteiger charge is -2.24. The van der Waals surface area contributed by atoms with E-state index in [0.717, 1.165) is 30.3 Å². The van der Waals surface area contributed by atoms with Gasteiger partial charge in [-0.05, 0) is 50.1 Å². The normalized spacial score (nSPS) is 17.7. The number of hydrogen-bond acceptors (Lipinski definition) is 4. The minimum absolute atomic E-state index is 0.0521. The average Bonchev–Trinajstić information content (AvgIpc) is 3.15. The number of halogens is 5. The molecule has 1 N–H and O–H groups in total. The molecule has 0 saturated carbocycles. The third kappa shape index (κ3) is 5.34. The minimum atomic E-state index is -4.67. The number of aliphatic imine (C=N–C) groups is 1. The van der Waals surface area contributed by atoms with Crippen LogP contribution in [0.5, 0.6) is 0 Å². The summed E-state index contributed by atoms with van der Waals surface area (Å²) in [7, 11) is 0. The van der Waals surface area contributed by atoms with Crippen molar-refractivity contribution in [3.05, 3.63) is 70.7 Å². The first kappa shape index (κ1) is 26.0. The lowest BCUT2D eigenvalue weighted by Crippen LogP contribution is -2.39. The van der Waals surface area contributed by atoms with E-state index < -0.39 is 23.5 Å². The number of rotatable bonds is 6. The Hall–Kier alpha value is -3.11. The lowest BCUT2D eigenvalue weighted by molar-refractivity contribution is -0.0924. The Labute approximate surface area is 205 Å².